The fourth-order valence-corrected chi connectivity index (χ4v) is 2.90. The fourth-order valence-electron chi connectivity index (χ4n) is 2.60. The van der Waals surface area contributed by atoms with Crippen molar-refractivity contribution in [3.8, 4) is 17.2 Å². The molecule has 2 N–H and O–H groups in total. The summed E-state index contributed by atoms with van der Waals surface area (Å²) in [7, 11) is 0. The van der Waals surface area contributed by atoms with Gasteiger partial charge in [0.05, 0.1) is 10.0 Å². The van der Waals surface area contributed by atoms with E-state index in [1.807, 2.05) is 6.07 Å². The summed E-state index contributed by atoms with van der Waals surface area (Å²) < 4.78 is 0. The van der Waals surface area contributed by atoms with Crippen molar-refractivity contribution in [3.05, 3.63) is 45.1 Å². The quantitative estimate of drug-likeness (QED) is 0.853. The van der Waals surface area contributed by atoms with Gasteiger partial charge in [0.25, 0.3) is 0 Å². The van der Waals surface area contributed by atoms with Crippen LogP contribution in [0, 0.1) is 11.3 Å². The molecule has 0 atom stereocenters. The van der Waals surface area contributed by atoms with Crippen LogP contribution in [-0.2, 0) is 12.8 Å². The Morgan fingerprint density at radius 3 is 2.50 bits per heavy atom. The molecule has 1 heterocycles. The van der Waals surface area contributed by atoms with Crippen LogP contribution in [0.3, 0.4) is 0 Å². The lowest BCUT2D eigenvalue weighted by atomic mass is 9.91. The standard InChI is InChI=1S/C17H17Cl2N3/c1-3-5-15-11(4-2)16(12(9-20)17(21)22-15)10-6-7-13(18)14(19)8-10/h6-8H,3-5H2,1-2H3,(H2,21,22). The fraction of sp³-hybridized carbons (Fsp3) is 0.294. The van der Waals surface area contributed by atoms with Gasteiger partial charge < -0.3 is 5.73 Å². The van der Waals surface area contributed by atoms with Crippen LogP contribution in [0.1, 0.15) is 37.1 Å². The Bertz CT molecular complexity index is 749. The van der Waals surface area contributed by atoms with Gasteiger partial charge in [0, 0.05) is 11.3 Å². The van der Waals surface area contributed by atoms with Gasteiger partial charge in [-0.25, -0.2) is 4.98 Å². The van der Waals surface area contributed by atoms with Crippen LogP contribution >= 0.6 is 23.2 Å². The van der Waals surface area contributed by atoms with E-state index in [2.05, 4.69) is 24.9 Å². The molecule has 0 amide bonds. The summed E-state index contributed by atoms with van der Waals surface area (Å²) in [6.07, 6.45) is 2.56. The van der Waals surface area contributed by atoms with Crippen molar-refractivity contribution in [2.45, 2.75) is 33.1 Å². The van der Waals surface area contributed by atoms with E-state index in [1.54, 1.807) is 12.1 Å². The average molecular weight is 334 g/mol. The zero-order chi connectivity index (χ0) is 16.3. The Kier molecular flexibility index (Phi) is 5.28. The summed E-state index contributed by atoms with van der Waals surface area (Å²) in [5, 5.41) is 10.4. The van der Waals surface area contributed by atoms with E-state index in [-0.39, 0.29) is 5.82 Å². The molecule has 5 heteroatoms. The van der Waals surface area contributed by atoms with Crippen molar-refractivity contribution in [1.82, 2.24) is 4.98 Å². The number of nitrogens with zero attached hydrogens (tertiary/aromatic N) is 2. The van der Waals surface area contributed by atoms with E-state index in [9.17, 15) is 5.26 Å². The number of nitriles is 1. The maximum Gasteiger partial charge on any atom is 0.142 e. The minimum Gasteiger partial charge on any atom is -0.383 e. The lowest BCUT2D eigenvalue weighted by Crippen LogP contribution is -2.07. The SMILES string of the molecule is CCCc1nc(N)c(C#N)c(-c2ccc(Cl)c(Cl)c2)c1CC. The van der Waals surface area contributed by atoms with Gasteiger partial charge in [-0.1, -0.05) is 49.5 Å². The van der Waals surface area contributed by atoms with Crippen molar-refractivity contribution < 1.29 is 0 Å². The van der Waals surface area contributed by atoms with Crippen LogP contribution in [0.25, 0.3) is 11.1 Å². The van der Waals surface area contributed by atoms with Crippen molar-refractivity contribution in [2.75, 3.05) is 5.73 Å². The van der Waals surface area contributed by atoms with Crippen LogP contribution in [0.2, 0.25) is 10.0 Å². The summed E-state index contributed by atoms with van der Waals surface area (Å²) in [6, 6.07) is 7.54. The van der Waals surface area contributed by atoms with Gasteiger partial charge in [-0.2, -0.15) is 5.26 Å². The maximum atomic E-state index is 9.50. The molecule has 0 saturated heterocycles. The van der Waals surface area contributed by atoms with Gasteiger partial charge in [-0.3, -0.25) is 0 Å². The van der Waals surface area contributed by atoms with Crippen LogP contribution in [0.15, 0.2) is 18.2 Å². The van der Waals surface area contributed by atoms with E-state index in [4.69, 9.17) is 28.9 Å². The number of aryl methyl sites for hydroxylation is 1. The number of rotatable bonds is 4. The topological polar surface area (TPSA) is 62.7 Å². The Hall–Kier alpha value is -1.76. The highest BCUT2D eigenvalue weighted by Crippen LogP contribution is 2.36. The molecule has 114 valence electrons. The number of hydrogen-bond donors (Lipinski definition) is 1. The van der Waals surface area contributed by atoms with Crippen LogP contribution in [0.4, 0.5) is 5.82 Å². The summed E-state index contributed by atoms with van der Waals surface area (Å²) >= 11 is 12.1. The molecule has 3 nitrogen and oxygen atoms in total. The molecule has 2 rings (SSSR count). The molecule has 1 aromatic heterocycles. The highest BCUT2D eigenvalue weighted by Gasteiger charge is 2.19. The number of benzene rings is 1. The molecular weight excluding hydrogens is 317 g/mol. The van der Waals surface area contributed by atoms with E-state index in [0.717, 1.165) is 41.6 Å². The monoisotopic (exact) mass is 333 g/mol. The average Bonchev–Trinajstić information content (AvgIpc) is 2.50. The van der Waals surface area contributed by atoms with Gasteiger partial charge in [-0.15, -0.1) is 0 Å². The number of halogens is 2. The minimum absolute atomic E-state index is 0.268. The third-order valence-corrected chi connectivity index (χ3v) is 4.31. The first kappa shape index (κ1) is 16.6. The van der Waals surface area contributed by atoms with E-state index in [1.165, 1.54) is 0 Å². The first-order valence-electron chi connectivity index (χ1n) is 7.20. The molecule has 2 aromatic rings. The number of pyridine rings is 1. The van der Waals surface area contributed by atoms with Gasteiger partial charge in [0.2, 0.25) is 0 Å². The number of nitrogens with two attached hydrogens (primary N) is 1. The molecule has 0 aliphatic carbocycles. The second-order valence-corrected chi connectivity index (χ2v) is 5.83. The predicted octanol–water partition coefficient (Wildman–Crippen LogP) is 5.02. The van der Waals surface area contributed by atoms with Gasteiger partial charge in [-0.05, 0) is 36.1 Å². The molecule has 0 spiro atoms. The molecule has 0 bridgehead atoms. The molecule has 0 radical (unpaired) electrons. The second kappa shape index (κ2) is 7.00. The van der Waals surface area contributed by atoms with Crippen molar-refractivity contribution >= 4 is 29.0 Å². The van der Waals surface area contributed by atoms with Crippen LogP contribution in [0.5, 0.6) is 0 Å². The minimum atomic E-state index is 0.268. The predicted molar refractivity (Wildman–Crippen MR) is 92.2 cm³/mol. The van der Waals surface area contributed by atoms with Gasteiger partial charge in [0.15, 0.2) is 0 Å². The lowest BCUT2D eigenvalue weighted by molar-refractivity contribution is 0.860. The molecular formula is C17H17Cl2N3. The van der Waals surface area contributed by atoms with E-state index >= 15 is 0 Å². The Balaban J connectivity index is 2.81. The molecule has 0 unspecified atom stereocenters. The number of nitrogen functional groups attached to an aromatic ring is 1. The Morgan fingerprint density at radius 1 is 1.23 bits per heavy atom. The first-order valence-corrected chi connectivity index (χ1v) is 7.95. The van der Waals surface area contributed by atoms with Crippen molar-refractivity contribution in [1.29, 1.82) is 5.26 Å². The summed E-state index contributed by atoms with van der Waals surface area (Å²) in [6.45, 7) is 4.14. The first-order chi connectivity index (χ1) is 10.5. The molecule has 0 fully saturated rings. The Labute approximate surface area is 140 Å². The second-order valence-electron chi connectivity index (χ2n) is 5.02. The summed E-state index contributed by atoms with van der Waals surface area (Å²) in [4.78, 5) is 4.43. The molecule has 1 aromatic carbocycles. The normalized spacial score (nSPS) is 10.5. The van der Waals surface area contributed by atoms with E-state index in [0.29, 0.717) is 15.6 Å². The molecule has 0 aliphatic rings. The maximum absolute atomic E-state index is 9.50. The third-order valence-electron chi connectivity index (χ3n) is 3.57. The number of anilines is 1. The smallest absolute Gasteiger partial charge is 0.142 e. The molecule has 0 aliphatic heterocycles. The lowest BCUT2D eigenvalue weighted by Gasteiger charge is -2.16. The Morgan fingerprint density at radius 2 is 1.95 bits per heavy atom. The number of aromatic nitrogens is 1. The number of hydrogen-bond acceptors (Lipinski definition) is 3. The highest BCUT2D eigenvalue weighted by molar-refractivity contribution is 6.42. The highest BCUT2D eigenvalue weighted by atomic mass is 35.5. The zero-order valence-electron chi connectivity index (χ0n) is 12.6. The summed E-state index contributed by atoms with van der Waals surface area (Å²) in [5.74, 6) is 0.268. The van der Waals surface area contributed by atoms with Gasteiger partial charge in [0.1, 0.15) is 17.5 Å². The van der Waals surface area contributed by atoms with Crippen LogP contribution in [-0.4, -0.2) is 4.98 Å². The zero-order valence-corrected chi connectivity index (χ0v) is 14.1. The molecule has 0 saturated carbocycles. The van der Waals surface area contributed by atoms with Gasteiger partial charge >= 0.3 is 0 Å². The summed E-state index contributed by atoms with van der Waals surface area (Å²) in [5.41, 5.74) is 10.1. The van der Waals surface area contributed by atoms with Crippen LogP contribution < -0.4 is 5.73 Å². The van der Waals surface area contributed by atoms with Crippen molar-refractivity contribution in [3.63, 3.8) is 0 Å². The largest absolute Gasteiger partial charge is 0.383 e. The van der Waals surface area contributed by atoms with Crippen molar-refractivity contribution in [2.24, 2.45) is 0 Å². The molecule has 22 heavy (non-hydrogen) atoms. The van der Waals surface area contributed by atoms with E-state index < -0.39 is 0 Å². The third kappa shape index (κ3) is 3.04.